The summed E-state index contributed by atoms with van der Waals surface area (Å²) in [5.41, 5.74) is 5.61. The van der Waals surface area contributed by atoms with E-state index >= 15 is 0 Å². The molecule has 27 heavy (non-hydrogen) atoms. The minimum Gasteiger partial charge on any atom is -0.452 e. The van der Waals surface area contributed by atoms with Crippen molar-refractivity contribution in [2.45, 2.75) is 13.0 Å². The molecule has 0 aliphatic rings. The third-order valence-electron chi connectivity index (χ3n) is 3.62. The molecule has 2 aromatic rings. The van der Waals surface area contributed by atoms with Gasteiger partial charge in [0.05, 0.1) is 26.6 Å². The number of nitro benzene ring substituents is 1. The number of rotatable bonds is 6. The Hall–Kier alpha value is -2.84. The van der Waals surface area contributed by atoms with Gasteiger partial charge in [-0.25, -0.2) is 4.79 Å². The van der Waals surface area contributed by atoms with Gasteiger partial charge < -0.3 is 15.8 Å². The van der Waals surface area contributed by atoms with Crippen LogP contribution in [-0.2, 0) is 9.53 Å². The topological polar surface area (TPSA) is 125 Å². The molecule has 0 saturated heterocycles. The van der Waals surface area contributed by atoms with Crippen LogP contribution in [-0.4, -0.2) is 23.4 Å². The number of carbonyl (C=O) groups excluding carboxylic acids is 2. The highest BCUT2D eigenvalue weighted by molar-refractivity contribution is 6.42. The Morgan fingerprint density at radius 3 is 2.56 bits per heavy atom. The molecular formula is C17H15Cl2N3O5. The van der Waals surface area contributed by atoms with E-state index in [1.165, 1.54) is 12.1 Å². The van der Waals surface area contributed by atoms with Gasteiger partial charge in [-0.15, -0.1) is 0 Å². The maximum absolute atomic E-state index is 12.0. The summed E-state index contributed by atoms with van der Waals surface area (Å²) in [7, 11) is 0. The second-order valence-corrected chi connectivity index (χ2v) is 6.38. The summed E-state index contributed by atoms with van der Waals surface area (Å²) < 4.78 is 4.88. The molecule has 0 heterocycles. The van der Waals surface area contributed by atoms with E-state index in [0.29, 0.717) is 10.0 Å². The number of hydrogen-bond acceptors (Lipinski definition) is 6. The van der Waals surface area contributed by atoms with Crippen LogP contribution in [0.4, 0.5) is 11.4 Å². The zero-order chi connectivity index (χ0) is 20.1. The molecule has 3 N–H and O–H groups in total. The largest absolute Gasteiger partial charge is 0.452 e. The summed E-state index contributed by atoms with van der Waals surface area (Å²) in [6, 6.07) is 8.03. The van der Waals surface area contributed by atoms with Gasteiger partial charge in [0.2, 0.25) is 0 Å². The van der Waals surface area contributed by atoms with Gasteiger partial charge in [0.15, 0.2) is 6.61 Å². The molecule has 2 aromatic carbocycles. The number of ether oxygens (including phenoxy) is 1. The first kappa shape index (κ1) is 20.5. The second kappa shape index (κ2) is 8.70. The van der Waals surface area contributed by atoms with E-state index in [4.69, 9.17) is 33.7 Å². The highest BCUT2D eigenvalue weighted by Crippen LogP contribution is 2.25. The standard InChI is InChI=1S/C17H15Cl2N3O5/c1-9(10-2-4-12(18)13(19)6-10)21-16(23)8-27-17(24)11-3-5-14(20)15(7-11)22(25)26/h2-7,9H,8,20H2,1H3,(H,21,23)/t9-/m1/s1. The Morgan fingerprint density at radius 1 is 1.22 bits per heavy atom. The Morgan fingerprint density at radius 2 is 1.93 bits per heavy atom. The van der Waals surface area contributed by atoms with E-state index in [1.54, 1.807) is 25.1 Å². The lowest BCUT2D eigenvalue weighted by Crippen LogP contribution is -2.31. The molecule has 0 aliphatic heterocycles. The summed E-state index contributed by atoms with van der Waals surface area (Å²) in [6.45, 7) is 1.17. The van der Waals surface area contributed by atoms with E-state index in [9.17, 15) is 19.7 Å². The summed E-state index contributed by atoms with van der Waals surface area (Å²) >= 11 is 11.8. The predicted octanol–water partition coefficient (Wildman–Crippen LogP) is 3.52. The second-order valence-electron chi connectivity index (χ2n) is 5.57. The van der Waals surface area contributed by atoms with Crippen molar-refractivity contribution >= 4 is 46.5 Å². The summed E-state index contributed by atoms with van der Waals surface area (Å²) in [6.07, 6.45) is 0. The lowest BCUT2D eigenvalue weighted by Gasteiger charge is -2.15. The van der Waals surface area contributed by atoms with Crippen LogP contribution < -0.4 is 11.1 Å². The maximum Gasteiger partial charge on any atom is 0.338 e. The fourth-order valence-electron chi connectivity index (χ4n) is 2.19. The molecule has 0 aromatic heterocycles. The molecule has 0 saturated carbocycles. The third kappa shape index (κ3) is 5.32. The smallest absolute Gasteiger partial charge is 0.338 e. The zero-order valence-electron chi connectivity index (χ0n) is 14.1. The molecule has 0 radical (unpaired) electrons. The van der Waals surface area contributed by atoms with Gasteiger partial charge >= 0.3 is 5.97 Å². The molecule has 1 amide bonds. The first-order valence-corrected chi connectivity index (χ1v) is 8.40. The molecule has 142 valence electrons. The minimum absolute atomic E-state index is 0.0789. The first-order chi connectivity index (χ1) is 12.7. The van der Waals surface area contributed by atoms with Gasteiger partial charge in [-0.3, -0.25) is 14.9 Å². The summed E-state index contributed by atoms with van der Waals surface area (Å²) in [5.74, 6) is -1.43. The van der Waals surface area contributed by atoms with Gasteiger partial charge in [-0.05, 0) is 36.8 Å². The van der Waals surface area contributed by atoms with Crippen molar-refractivity contribution in [1.29, 1.82) is 0 Å². The molecule has 0 unspecified atom stereocenters. The van der Waals surface area contributed by atoms with Gasteiger partial charge in [0.1, 0.15) is 5.69 Å². The average Bonchev–Trinajstić information content (AvgIpc) is 2.62. The lowest BCUT2D eigenvalue weighted by atomic mass is 10.1. The van der Waals surface area contributed by atoms with Crippen LogP contribution in [0.5, 0.6) is 0 Å². The predicted molar refractivity (Wildman–Crippen MR) is 101 cm³/mol. The molecule has 1 atom stereocenters. The Balaban J connectivity index is 1.94. The molecular weight excluding hydrogens is 397 g/mol. The van der Waals surface area contributed by atoms with Crippen LogP contribution in [0.3, 0.4) is 0 Å². The Bertz CT molecular complexity index is 904. The van der Waals surface area contributed by atoms with Gasteiger partial charge in [0.25, 0.3) is 11.6 Å². The number of esters is 1. The van der Waals surface area contributed by atoms with Crippen molar-refractivity contribution in [3.63, 3.8) is 0 Å². The van der Waals surface area contributed by atoms with Crippen LogP contribution in [0.2, 0.25) is 10.0 Å². The normalized spacial score (nSPS) is 11.5. The quantitative estimate of drug-likeness (QED) is 0.324. The van der Waals surface area contributed by atoms with E-state index in [2.05, 4.69) is 5.32 Å². The molecule has 2 rings (SSSR count). The molecule has 10 heteroatoms. The van der Waals surface area contributed by atoms with E-state index in [0.717, 1.165) is 11.6 Å². The molecule has 8 nitrogen and oxygen atoms in total. The third-order valence-corrected chi connectivity index (χ3v) is 4.36. The number of nitrogens with one attached hydrogen (secondary N) is 1. The minimum atomic E-state index is -0.879. The number of anilines is 1. The molecule has 0 spiro atoms. The number of nitro groups is 1. The van der Waals surface area contributed by atoms with E-state index < -0.39 is 35.1 Å². The van der Waals surface area contributed by atoms with Crippen LogP contribution in [0.25, 0.3) is 0 Å². The lowest BCUT2D eigenvalue weighted by molar-refractivity contribution is -0.383. The molecule has 0 bridgehead atoms. The van der Waals surface area contributed by atoms with Crippen LogP contribution in [0.1, 0.15) is 28.9 Å². The summed E-state index contributed by atoms with van der Waals surface area (Å²) in [4.78, 5) is 34.1. The van der Waals surface area contributed by atoms with Crippen molar-refractivity contribution in [2.75, 3.05) is 12.3 Å². The average molecular weight is 412 g/mol. The number of carbonyl (C=O) groups is 2. The SMILES string of the molecule is C[C@@H](NC(=O)COC(=O)c1ccc(N)c([N+](=O)[O-])c1)c1ccc(Cl)c(Cl)c1. The Labute approximate surface area is 164 Å². The van der Waals surface area contributed by atoms with E-state index in [-0.39, 0.29) is 11.3 Å². The molecule has 0 aliphatic carbocycles. The number of nitrogens with zero attached hydrogens (tertiary/aromatic N) is 1. The number of halogens is 2. The van der Waals surface area contributed by atoms with Crippen molar-refractivity contribution in [3.05, 3.63) is 67.7 Å². The fourth-order valence-corrected chi connectivity index (χ4v) is 2.50. The summed E-state index contributed by atoms with van der Waals surface area (Å²) in [5, 5.41) is 14.2. The number of nitrogens with two attached hydrogens (primary N) is 1. The van der Waals surface area contributed by atoms with Gasteiger partial charge in [0, 0.05) is 6.07 Å². The molecule has 0 fully saturated rings. The van der Waals surface area contributed by atoms with Gasteiger partial charge in [-0.2, -0.15) is 0 Å². The zero-order valence-corrected chi connectivity index (χ0v) is 15.6. The van der Waals surface area contributed by atoms with Crippen molar-refractivity contribution < 1.29 is 19.2 Å². The fraction of sp³-hybridized carbons (Fsp3) is 0.176. The van der Waals surface area contributed by atoms with Crippen LogP contribution in [0.15, 0.2) is 36.4 Å². The number of hydrogen-bond donors (Lipinski definition) is 2. The van der Waals surface area contributed by atoms with E-state index in [1.807, 2.05) is 0 Å². The van der Waals surface area contributed by atoms with Crippen molar-refractivity contribution in [1.82, 2.24) is 5.32 Å². The monoisotopic (exact) mass is 411 g/mol. The number of benzene rings is 2. The van der Waals surface area contributed by atoms with Gasteiger partial charge in [-0.1, -0.05) is 29.3 Å². The van der Waals surface area contributed by atoms with Crippen molar-refractivity contribution in [2.24, 2.45) is 0 Å². The number of amides is 1. The van der Waals surface area contributed by atoms with Crippen molar-refractivity contribution in [3.8, 4) is 0 Å². The first-order valence-electron chi connectivity index (χ1n) is 7.64. The maximum atomic E-state index is 12.0. The number of nitrogen functional groups attached to an aromatic ring is 1. The highest BCUT2D eigenvalue weighted by Gasteiger charge is 2.18. The Kier molecular flexibility index (Phi) is 6.59. The van der Waals surface area contributed by atoms with Crippen LogP contribution >= 0.6 is 23.2 Å². The van der Waals surface area contributed by atoms with Crippen LogP contribution in [0, 0.1) is 10.1 Å². The highest BCUT2D eigenvalue weighted by atomic mass is 35.5.